The van der Waals surface area contributed by atoms with Gasteiger partial charge in [0.2, 0.25) is 0 Å². The number of fused-ring (bicyclic) bond motifs is 1. The van der Waals surface area contributed by atoms with Crippen LogP contribution in [0.5, 0.6) is 5.75 Å². The SMILES string of the molecule is N/N=C(\NN)c1cc2occ(C(=O)Nc3ccc(OCc4ccc(Cl)c(F)c4)cc3)c2cc1F. The minimum atomic E-state index is -0.688. The van der Waals surface area contributed by atoms with Gasteiger partial charge in [-0.05, 0) is 54.1 Å². The summed E-state index contributed by atoms with van der Waals surface area (Å²) in [5.41, 5.74) is 3.67. The number of hydrogen-bond acceptors (Lipinski definition) is 6. The highest BCUT2D eigenvalue weighted by molar-refractivity contribution is 6.30. The van der Waals surface area contributed by atoms with Crippen molar-refractivity contribution in [1.29, 1.82) is 0 Å². The molecule has 0 fully saturated rings. The van der Waals surface area contributed by atoms with Crippen molar-refractivity contribution in [2.45, 2.75) is 6.61 Å². The van der Waals surface area contributed by atoms with E-state index in [2.05, 4.69) is 15.8 Å². The molecule has 0 aliphatic rings. The van der Waals surface area contributed by atoms with E-state index in [4.69, 9.17) is 32.4 Å². The maximum absolute atomic E-state index is 14.5. The quantitative estimate of drug-likeness (QED) is 0.140. The van der Waals surface area contributed by atoms with E-state index in [1.165, 1.54) is 24.5 Å². The van der Waals surface area contributed by atoms with Gasteiger partial charge in [-0.3, -0.25) is 4.79 Å². The fraction of sp³-hybridized carbons (Fsp3) is 0.0435. The fourth-order valence-electron chi connectivity index (χ4n) is 3.22. The zero-order valence-electron chi connectivity index (χ0n) is 17.4. The molecule has 0 saturated carbocycles. The molecule has 6 N–H and O–H groups in total. The number of hydrazine groups is 1. The van der Waals surface area contributed by atoms with Gasteiger partial charge >= 0.3 is 0 Å². The van der Waals surface area contributed by atoms with E-state index in [1.807, 2.05) is 0 Å². The molecule has 34 heavy (non-hydrogen) atoms. The molecule has 0 aliphatic heterocycles. The predicted molar refractivity (Wildman–Crippen MR) is 124 cm³/mol. The van der Waals surface area contributed by atoms with Crippen LogP contribution in [0.2, 0.25) is 5.02 Å². The van der Waals surface area contributed by atoms with Gasteiger partial charge in [-0.2, -0.15) is 5.10 Å². The number of nitrogens with two attached hydrogens (primary N) is 2. The second-order valence-corrected chi connectivity index (χ2v) is 7.52. The summed E-state index contributed by atoms with van der Waals surface area (Å²) in [5, 5.41) is 6.39. The normalized spacial score (nSPS) is 11.5. The second-order valence-electron chi connectivity index (χ2n) is 7.12. The number of anilines is 1. The molecular weight excluding hydrogens is 468 g/mol. The molecule has 0 saturated heterocycles. The largest absolute Gasteiger partial charge is 0.489 e. The highest BCUT2D eigenvalue weighted by Crippen LogP contribution is 2.26. The number of rotatable bonds is 6. The Bertz CT molecular complexity index is 1390. The zero-order valence-corrected chi connectivity index (χ0v) is 18.2. The Morgan fingerprint density at radius 3 is 2.50 bits per heavy atom. The van der Waals surface area contributed by atoms with Gasteiger partial charge in [-0.15, -0.1) is 0 Å². The first kappa shape index (κ1) is 23.0. The number of carbonyl (C=O) groups is 1. The highest BCUT2D eigenvalue weighted by atomic mass is 35.5. The Morgan fingerprint density at radius 1 is 1.06 bits per heavy atom. The average molecular weight is 486 g/mol. The van der Waals surface area contributed by atoms with Crippen LogP contribution in [-0.4, -0.2) is 11.7 Å². The average Bonchev–Trinajstić information content (AvgIpc) is 3.24. The van der Waals surface area contributed by atoms with Gasteiger partial charge in [0.15, 0.2) is 5.84 Å². The molecule has 4 aromatic rings. The third-order valence-electron chi connectivity index (χ3n) is 4.93. The van der Waals surface area contributed by atoms with Crippen LogP contribution in [0.3, 0.4) is 0 Å². The first-order valence-corrected chi connectivity index (χ1v) is 10.2. The first-order valence-electron chi connectivity index (χ1n) is 9.83. The lowest BCUT2D eigenvalue weighted by molar-refractivity contribution is 0.102. The molecular formula is C23H18ClF2N5O3. The smallest absolute Gasteiger partial charge is 0.259 e. The number of hydrogen-bond donors (Lipinski definition) is 4. The van der Waals surface area contributed by atoms with Crippen LogP contribution in [0.1, 0.15) is 21.5 Å². The molecule has 0 bridgehead atoms. The molecule has 11 heteroatoms. The molecule has 0 atom stereocenters. The van der Waals surface area contributed by atoms with Crippen LogP contribution in [0, 0.1) is 11.6 Å². The lowest BCUT2D eigenvalue weighted by Crippen LogP contribution is -2.32. The fourth-order valence-corrected chi connectivity index (χ4v) is 3.34. The molecule has 8 nitrogen and oxygen atoms in total. The van der Waals surface area contributed by atoms with Crippen molar-refractivity contribution in [2.75, 3.05) is 5.32 Å². The number of carbonyl (C=O) groups excluding carboxylic acids is 1. The van der Waals surface area contributed by atoms with Crippen molar-refractivity contribution in [1.82, 2.24) is 5.43 Å². The number of hydrazone groups is 1. The maximum Gasteiger partial charge on any atom is 0.259 e. The summed E-state index contributed by atoms with van der Waals surface area (Å²) in [6.45, 7) is 0.143. The van der Waals surface area contributed by atoms with Gasteiger partial charge < -0.3 is 25.7 Å². The molecule has 4 rings (SSSR count). The number of ether oxygens (including phenoxy) is 1. The second kappa shape index (κ2) is 9.77. The molecule has 1 amide bonds. The lowest BCUT2D eigenvalue weighted by Gasteiger charge is -2.09. The van der Waals surface area contributed by atoms with Crippen molar-refractivity contribution in [3.05, 3.63) is 94.2 Å². The molecule has 1 aromatic heterocycles. The number of furan rings is 1. The number of benzene rings is 3. The Labute approximate surface area is 197 Å². The van der Waals surface area contributed by atoms with E-state index in [0.29, 0.717) is 17.0 Å². The molecule has 3 aromatic carbocycles. The Hall–Kier alpha value is -4.15. The third kappa shape index (κ3) is 4.77. The molecule has 0 spiro atoms. The Morgan fingerprint density at radius 2 is 1.82 bits per heavy atom. The van der Waals surface area contributed by atoms with Gasteiger partial charge in [-0.25, -0.2) is 14.6 Å². The van der Waals surface area contributed by atoms with Crippen LogP contribution >= 0.6 is 11.6 Å². The number of halogens is 3. The van der Waals surface area contributed by atoms with E-state index in [1.54, 1.807) is 30.3 Å². The highest BCUT2D eigenvalue weighted by Gasteiger charge is 2.19. The van der Waals surface area contributed by atoms with Crippen molar-refractivity contribution in [3.63, 3.8) is 0 Å². The van der Waals surface area contributed by atoms with Crippen LogP contribution in [0.25, 0.3) is 11.0 Å². The van der Waals surface area contributed by atoms with Gasteiger partial charge in [0.25, 0.3) is 5.91 Å². The van der Waals surface area contributed by atoms with Gasteiger partial charge in [-0.1, -0.05) is 17.7 Å². The summed E-state index contributed by atoms with van der Waals surface area (Å²) in [5.74, 6) is 9.21. The van der Waals surface area contributed by atoms with Crippen LogP contribution in [-0.2, 0) is 6.61 Å². The number of nitrogens with zero attached hydrogens (tertiary/aromatic N) is 1. The van der Waals surface area contributed by atoms with Crippen molar-refractivity contribution >= 4 is 40.0 Å². The van der Waals surface area contributed by atoms with Crippen molar-refractivity contribution in [2.24, 2.45) is 16.8 Å². The minimum absolute atomic E-state index is 0.00395. The van der Waals surface area contributed by atoms with Gasteiger partial charge in [0.1, 0.15) is 35.8 Å². The van der Waals surface area contributed by atoms with Gasteiger partial charge in [0, 0.05) is 11.1 Å². The molecule has 0 unspecified atom stereocenters. The number of amides is 1. The molecule has 0 radical (unpaired) electrons. The predicted octanol–water partition coefficient (Wildman–Crippen LogP) is 4.28. The lowest BCUT2D eigenvalue weighted by atomic mass is 10.1. The van der Waals surface area contributed by atoms with E-state index in [0.717, 1.165) is 6.07 Å². The summed E-state index contributed by atoms with van der Waals surface area (Å²) in [4.78, 5) is 12.7. The summed E-state index contributed by atoms with van der Waals surface area (Å²) >= 11 is 5.67. The monoisotopic (exact) mass is 485 g/mol. The van der Waals surface area contributed by atoms with E-state index in [-0.39, 0.29) is 39.6 Å². The zero-order chi connectivity index (χ0) is 24.2. The van der Waals surface area contributed by atoms with E-state index in [9.17, 15) is 13.6 Å². The Kier molecular flexibility index (Phi) is 6.62. The molecule has 174 valence electrons. The van der Waals surface area contributed by atoms with Crippen molar-refractivity contribution in [3.8, 4) is 5.75 Å². The number of nitrogens with one attached hydrogen (secondary N) is 2. The third-order valence-corrected chi connectivity index (χ3v) is 5.24. The number of amidine groups is 1. The van der Waals surface area contributed by atoms with Crippen LogP contribution in [0.15, 0.2) is 70.4 Å². The van der Waals surface area contributed by atoms with E-state index >= 15 is 0 Å². The van der Waals surface area contributed by atoms with E-state index < -0.39 is 17.5 Å². The first-order chi connectivity index (χ1) is 16.4. The molecule has 1 heterocycles. The van der Waals surface area contributed by atoms with Crippen LogP contribution < -0.4 is 27.2 Å². The molecule has 0 aliphatic carbocycles. The standard InChI is InChI=1S/C23H18ClF2N5O3/c24-18-6-1-12(7-20(18)26)10-33-14-4-2-13(3-5-14)29-23(32)17-11-34-21-9-16(22(30-27)31-28)19(25)8-15(17)21/h1-9,11H,10,27-28H2,(H,29,32)(H,30,31). The maximum atomic E-state index is 14.5. The Balaban J connectivity index is 1.45. The minimum Gasteiger partial charge on any atom is -0.489 e. The van der Waals surface area contributed by atoms with Crippen LogP contribution in [0.4, 0.5) is 14.5 Å². The summed E-state index contributed by atoms with van der Waals surface area (Å²) in [7, 11) is 0. The summed E-state index contributed by atoms with van der Waals surface area (Å²) in [6, 6.07) is 13.5. The van der Waals surface area contributed by atoms with Gasteiger partial charge in [0.05, 0.1) is 16.1 Å². The van der Waals surface area contributed by atoms with Crippen molar-refractivity contribution < 1.29 is 22.7 Å². The summed E-state index contributed by atoms with van der Waals surface area (Å²) < 4.78 is 39.1. The topological polar surface area (TPSA) is 128 Å². The summed E-state index contributed by atoms with van der Waals surface area (Å²) in [6.07, 6.45) is 1.22.